The highest BCUT2D eigenvalue weighted by atomic mass is 32.1. The van der Waals surface area contributed by atoms with Crippen LogP contribution >= 0.6 is 11.3 Å². The molecule has 2 rings (SSSR count). The third-order valence-electron chi connectivity index (χ3n) is 4.42. The van der Waals surface area contributed by atoms with E-state index in [4.69, 9.17) is 4.74 Å². The van der Waals surface area contributed by atoms with E-state index in [2.05, 4.69) is 28.3 Å². The third-order valence-corrected chi connectivity index (χ3v) is 5.61. The van der Waals surface area contributed by atoms with Gasteiger partial charge in [0, 0.05) is 10.4 Å². The van der Waals surface area contributed by atoms with Gasteiger partial charge in [0.05, 0.1) is 17.9 Å². The summed E-state index contributed by atoms with van der Waals surface area (Å²) in [6.45, 7) is 9.82. The molecule has 0 saturated heterocycles. The van der Waals surface area contributed by atoms with Crippen molar-refractivity contribution in [1.82, 2.24) is 9.97 Å². The van der Waals surface area contributed by atoms with Crippen LogP contribution < -0.4 is 5.32 Å². The number of fused-ring (bicyclic) bond motifs is 1. The first-order valence-corrected chi connectivity index (χ1v) is 8.14. The largest absolute Gasteiger partial charge is 0.469 e. The number of rotatable bonds is 5. The fourth-order valence-electron chi connectivity index (χ4n) is 2.14. The monoisotopic (exact) mass is 321 g/mol. The molecule has 1 N–H and O–H groups in total. The van der Waals surface area contributed by atoms with Crippen LogP contribution in [0.15, 0.2) is 12.4 Å². The van der Waals surface area contributed by atoms with Gasteiger partial charge in [-0.05, 0) is 40.2 Å². The summed E-state index contributed by atoms with van der Waals surface area (Å²) in [7, 11) is 1.41. The maximum atomic E-state index is 12.1. The minimum atomic E-state index is -0.706. The molecule has 0 aliphatic rings. The standard InChI is InChI=1S/C16H23N3O2S/c1-7-10-8-11-12(17-9-18-13(11)22-10)19-16(4,5)15(2,3)14(20)21-6/h8-9H,7H2,1-6H3,(H,17,18,19). The molecule has 0 aliphatic carbocycles. The molecule has 0 atom stereocenters. The van der Waals surface area contributed by atoms with Gasteiger partial charge in [0.25, 0.3) is 0 Å². The molecule has 120 valence electrons. The summed E-state index contributed by atoms with van der Waals surface area (Å²) in [4.78, 5) is 23.0. The number of aromatic nitrogens is 2. The number of thiophene rings is 1. The molecule has 0 amide bonds. The van der Waals surface area contributed by atoms with Crippen molar-refractivity contribution in [2.75, 3.05) is 12.4 Å². The lowest BCUT2D eigenvalue weighted by Crippen LogP contribution is -2.51. The van der Waals surface area contributed by atoms with Crippen LogP contribution in [0.3, 0.4) is 0 Å². The first-order valence-electron chi connectivity index (χ1n) is 7.33. The van der Waals surface area contributed by atoms with Gasteiger partial charge in [0.2, 0.25) is 0 Å². The van der Waals surface area contributed by atoms with Crippen LogP contribution in [0.25, 0.3) is 10.2 Å². The molecule has 0 bridgehead atoms. The molecule has 6 heteroatoms. The number of methoxy groups -OCH3 is 1. The number of carbonyl (C=O) groups is 1. The highest BCUT2D eigenvalue weighted by Gasteiger charge is 2.44. The number of nitrogens with one attached hydrogen (secondary N) is 1. The second-order valence-electron chi connectivity index (χ2n) is 6.37. The molecule has 0 spiro atoms. The minimum Gasteiger partial charge on any atom is -0.469 e. The van der Waals surface area contributed by atoms with Crippen LogP contribution in [-0.2, 0) is 16.0 Å². The number of hydrogen-bond acceptors (Lipinski definition) is 6. The maximum absolute atomic E-state index is 12.1. The Morgan fingerprint density at radius 1 is 1.32 bits per heavy atom. The maximum Gasteiger partial charge on any atom is 0.313 e. The Labute approximate surface area is 135 Å². The first-order chi connectivity index (χ1) is 10.2. The molecule has 0 aromatic carbocycles. The fourth-order valence-corrected chi connectivity index (χ4v) is 3.08. The minimum absolute atomic E-state index is 0.255. The van der Waals surface area contributed by atoms with Gasteiger partial charge >= 0.3 is 5.97 Å². The smallest absolute Gasteiger partial charge is 0.313 e. The molecule has 0 fully saturated rings. The van der Waals surface area contributed by atoms with Crippen molar-refractivity contribution in [3.05, 3.63) is 17.3 Å². The Hall–Kier alpha value is -1.69. The molecule has 5 nitrogen and oxygen atoms in total. The number of carbonyl (C=O) groups excluding carboxylic acids is 1. The topological polar surface area (TPSA) is 64.1 Å². The lowest BCUT2D eigenvalue weighted by atomic mass is 9.74. The molecule has 0 saturated carbocycles. The Morgan fingerprint density at radius 2 is 2.00 bits per heavy atom. The molecule has 0 unspecified atom stereocenters. The number of esters is 1. The quantitative estimate of drug-likeness (QED) is 0.852. The molecule has 2 aromatic heterocycles. The van der Waals surface area contributed by atoms with E-state index >= 15 is 0 Å². The van der Waals surface area contributed by atoms with Crippen molar-refractivity contribution in [2.24, 2.45) is 5.41 Å². The lowest BCUT2D eigenvalue weighted by Gasteiger charge is -2.40. The average Bonchev–Trinajstić information content (AvgIpc) is 2.90. The number of ether oxygens (including phenoxy) is 1. The van der Waals surface area contributed by atoms with E-state index in [9.17, 15) is 4.79 Å². The van der Waals surface area contributed by atoms with Gasteiger partial charge in [0.15, 0.2) is 0 Å². The Kier molecular flexibility index (Phi) is 4.42. The molecule has 2 aromatic rings. The van der Waals surface area contributed by atoms with Gasteiger partial charge in [-0.1, -0.05) is 6.92 Å². The second-order valence-corrected chi connectivity index (χ2v) is 7.49. The summed E-state index contributed by atoms with van der Waals surface area (Å²) in [5.41, 5.74) is -1.24. The van der Waals surface area contributed by atoms with Crippen LogP contribution in [-0.4, -0.2) is 28.6 Å². The highest BCUT2D eigenvalue weighted by Crippen LogP contribution is 2.37. The fraction of sp³-hybridized carbons (Fsp3) is 0.562. The van der Waals surface area contributed by atoms with Gasteiger partial charge in [-0.2, -0.15) is 0 Å². The van der Waals surface area contributed by atoms with E-state index in [0.29, 0.717) is 0 Å². The van der Waals surface area contributed by atoms with Crippen molar-refractivity contribution in [2.45, 2.75) is 46.6 Å². The zero-order chi connectivity index (χ0) is 16.5. The van der Waals surface area contributed by atoms with E-state index in [1.165, 1.54) is 12.0 Å². The van der Waals surface area contributed by atoms with Crippen molar-refractivity contribution in [1.29, 1.82) is 0 Å². The lowest BCUT2D eigenvalue weighted by molar-refractivity contribution is -0.153. The van der Waals surface area contributed by atoms with E-state index < -0.39 is 11.0 Å². The summed E-state index contributed by atoms with van der Waals surface area (Å²) in [5.74, 6) is 0.498. The Bertz CT molecular complexity index is 692. The normalized spacial score (nSPS) is 12.5. The van der Waals surface area contributed by atoms with Gasteiger partial charge in [-0.3, -0.25) is 4.79 Å². The van der Waals surface area contributed by atoms with Crippen molar-refractivity contribution < 1.29 is 9.53 Å². The van der Waals surface area contributed by atoms with Gasteiger partial charge < -0.3 is 10.1 Å². The molecular weight excluding hydrogens is 298 g/mol. The molecule has 22 heavy (non-hydrogen) atoms. The Balaban J connectivity index is 2.41. The predicted octanol–water partition coefficient (Wildman–Crippen LogP) is 3.64. The van der Waals surface area contributed by atoms with E-state index in [0.717, 1.165) is 22.5 Å². The SMILES string of the molecule is CCc1cc2c(NC(C)(C)C(C)(C)C(=O)OC)ncnc2s1. The van der Waals surface area contributed by atoms with Crippen LogP contribution in [0, 0.1) is 5.41 Å². The van der Waals surface area contributed by atoms with Crippen molar-refractivity contribution >= 4 is 33.3 Å². The van der Waals surface area contributed by atoms with Crippen molar-refractivity contribution in [3.8, 4) is 0 Å². The summed E-state index contributed by atoms with van der Waals surface area (Å²) in [6, 6.07) is 2.11. The Morgan fingerprint density at radius 3 is 2.59 bits per heavy atom. The zero-order valence-corrected chi connectivity index (χ0v) is 14.8. The van der Waals surface area contributed by atoms with E-state index in [1.807, 2.05) is 27.7 Å². The molecule has 2 heterocycles. The van der Waals surface area contributed by atoms with E-state index in [-0.39, 0.29) is 5.97 Å². The number of nitrogens with zero attached hydrogens (tertiary/aromatic N) is 2. The predicted molar refractivity (Wildman–Crippen MR) is 90.3 cm³/mol. The highest BCUT2D eigenvalue weighted by molar-refractivity contribution is 7.18. The van der Waals surface area contributed by atoms with Crippen LogP contribution in [0.5, 0.6) is 0 Å². The van der Waals surface area contributed by atoms with Crippen molar-refractivity contribution in [3.63, 3.8) is 0 Å². The number of hydrogen-bond donors (Lipinski definition) is 1. The summed E-state index contributed by atoms with van der Waals surface area (Å²) in [6.07, 6.45) is 2.53. The van der Waals surface area contributed by atoms with E-state index in [1.54, 1.807) is 17.7 Å². The summed E-state index contributed by atoms with van der Waals surface area (Å²) >= 11 is 1.67. The average molecular weight is 321 g/mol. The zero-order valence-electron chi connectivity index (χ0n) is 14.0. The third kappa shape index (κ3) is 2.79. The molecular formula is C16H23N3O2S. The van der Waals surface area contributed by atoms with Crippen LogP contribution in [0.4, 0.5) is 5.82 Å². The van der Waals surface area contributed by atoms with Crippen LogP contribution in [0.2, 0.25) is 0 Å². The number of anilines is 1. The first kappa shape index (κ1) is 16.7. The van der Waals surface area contributed by atoms with Gasteiger partial charge in [-0.15, -0.1) is 11.3 Å². The van der Waals surface area contributed by atoms with Gasteiger partial charge in [-0.25, -0.2) is 9.97 Å². The molecule has 0 aliphatic heterocycles. The summed E-state index contributed by atoms with van der Waals surface area (Å²) in [5, 5.41) is 4.41. The van der Waals surface area contributed by atoms with Crippen LogP contribution in [0.1, 0.15) is 39.5 Å². The number of aryl methyl sites for hydroxylation is 1. The molecule has 0 radical (unpaired) electrons. The second kappa shape index (κ2) is 5.83. The summed E-state index contributed by atoms with van der Waals surface area (Å²) < 4.78 is 4.94. The van der Waals surface area contributed by atoms with Gasteiger partial charge in [0.1, 0.15) is 17.0 Å².